The van der Waals surface area contributed by atoms with Gasteiger partial charge in [-0.25, -0.2) is 19.0 Å². The summed E-state index contributed by atoms with van der Waals surface area (Å²) >= 11 is 0. The third-order valence-electron chi connectivity index (χ3n) is 7.33. The topological polar surface area (TPSA) is 172 Å². The Hall–Kier alpha value is -3.48. The minimum absolute atomic E-state index is 0.187. The molecule has 4 heterocycles. The van der Waals surface area contributed by atoms with Gasteiger partial charge in [-0.05, 0) is 69.7 Å². The zero-order valence-corrected chi connectivity index (χ0v) is 26.4. The van der Waals surface area contributed by atoms with E-state index in [9.17, 15) is 18.8 Å². The van der Waals surface area contributed by atoms with Crippen molar-refractivity contribution in [1.29, 1.82) is 0 Å². The first-order chi connectivity index (χ1) is 20.8. The summed E-state index contributed by atoms with van der Waals surface area (Å²) in [6.45, 7) is 10.7. The second kappa shape index (κ2) is 13.3. The van der Waals surface area contributed by atoms with Crippen LogP contribution in [0, 0.1) is 12.7 Å². The van der Waals surface area contributed by atoms with Crippen molar-refractivity contribution in [2.45, 2.75) is 85.7 Å². The molecule has 1 aromatic carbocycles. The number of hydrogen-bond donors (Lipinski definition) is 3. The highest BCUT2D eigenvalue weighted by Gasteiger charge is 2.37. The fourth-order valence-electron chi connectivity index (χ4n) is 5.66. The molecule has 0 bridgehead atoms. The number of rotatable bonds is 4. The summed E-state index contributed by atoms with van der Waals surface area (Å²) in [7, 11) is -2.66. The van der Waals surface area contributed by atoms with Gasteiger partial charge in [0.1, 0.15) is 18.0 Å². The fraction of sp³-hybridized carbons (Fsp3) is 0.467. The molecule has 0 saturated heterocycles. The lowest BCUT2D eigenvalue weighted by molar-refractivity contribution is -0.167. The number of halogens is 1. The van der Waals surface area contributed by atoms with E-state index < -0.39 is 39.2 Å². The molecule has 1 amide bonds. The van der Waals surface area contributed by atoms with E-state index >= 15 is 0 Å². The lowest BCUT2D eigenvalue weighted by Crippen LogP contribution is -2.33. The summed E-state index contributed by atoms with van der Waals surface area (Å²) in [6, 6.07) is 3.14. The molecule has 0 spiro atoms. The molecule has 4 N–H and O–H groups in total. The minimum atomic E-state index is -2.66. The average molecular weight is 634 g/mol. The Bertz CT molecular complexity index is 1670. The molecule has 12 nitrogen and oxygen atoms in total. The smallest absolute Gasteiger partial charge is 0.405 e. The summed E-state index contributed by atoms with van der Waals surface area (Å²) in [6.07, 6.45) is 0.516. The van der Waals surface area contributed by atoms with Crippen LogP contribution in [-0.4, -0.2) is 43.8 Å². The van der Waals surface area contributed by atoms with E-state index in [0.29, 0.717) is 34.6 Å². The van der Waals surface area contributed by atoms with E-state index in [1.165, 1.54) is 6.07 Å². The highest BCUT2D eigenvalue weighted by atomic mass is 31.2. The first kappa shape index (κ1) is 33.4. The summed E-state index contributed by atoms with van der Waals surface area (Å²) in [4.78, 5) is 58.5. The van der Waals surface area contributed by atoms with Crippen LogP contribution in [-0.2, 0) is 49.5 Å². The van der Waals surface area contributed by atoms with Gasteiger partial charge in [0.2, 0.25) is 0 Å². The number of fused-ring (bicyclic) bond motifs is 5. The molecule has 0 fully saturated rings. The standard InChI is InChI=1S/C23H20FN2O7P.C5H11NO2.C2H6/c1-10-11-3-2-4-12-14-7-26-18(20(14)25-17(19(11)12)6-16(10)24)5-13-15(22(26)27)8-31-23(28)21(13)32-9-33-34(29)30;1-5(2,3)8-4(6)7;1-2/h5-6,21,29-30H,2-4,7-9H2,1H3;1-3H3,(H2,6,7);1-2H3. The van der Waals surface area contributed by atoms with Gasteiger partial charge in [0.15, 0.2) is 12.9 Å². The number of carbonyl (C=O) groups is 2. The summed E-state index contributed by atoms with van der Waals surface area (Å²) in [5.74, 6) is -1.00. The van der Waals surface area contributed by atoms with Crippen molar-refractivity contribution >= 4 is 31.6 Å². The number of aromatic nitrogens is 2. The molecule has 44 heavy (non-hydrogen) atoms. The van der Waals surface area contributed by atoms with Crippen molar-refractivity contribution in [3.63, 3.8) is 0 Å². The Balaban J connectivity index is 0.000000387. The number of cyclic esters (lactones) is 1. The quantitative estimate of drug-likeness (QED) is 0.164. The number of esters is 1. The number of primary amides is 1. The third kappa shape index (κ3) is 6.62. The summed E-state index contributed by atoms with van der Waals surface area (Å²) < 4.78 is 36.0. The van der Waals surface area contributed by atoms with Crippen molar-refractivity contribution < 1.29 is 42.5 Å². The number of pyridine rings is 2. The number of nitrogens with two attached hydrogens (primary N) is 1. The zero-order chi connectivity index (χ0) is 32.5. The first-order valence-electron chi connectivity index (χ1n) is 14.2. The van der Waals surface area contributed by atoms with Crippen molar-refractivity contribution in [3.8, 4) is 11.4 Å². The van der Waals surface area contributed by atoms with Crippen LogP contribution in [0.5, 0.6) is 0 Å². The lowest BCUT2D eigenvalue weighted by atomic mass is 9.85. The molecule has 2 aliphatic heterocycles. The van der Waals surface area contributed by atoms with Crippen LogP contribution in [0.2, 0.25) is 0 Å². The highest BCUT2D eigenvalue weighted by molar-refractivity contribution is 7.39. The van der Waals surface area contributed by atoms with Crippen LogP contribution in [0.25, 0.3) is 22.3 Å². The van der Waals surface area contributed by atoms with E-state index in [1.54, 1.807) is 38.3 Å². The first-order valence-corrected chi connectivity index (χ1v) is 15.4. The van der Waals surface area contributed by atoms with Crippen LogP contribution >= 0.6 is 8.60 Å². The molecular weight excluding hydrogens is 596 g/mol. The van der Waals surface area contributed by atoms with Crippen LogP contribution < -0.4 is 11.3 Å². The van der Waals surface area contributed by atoms with Gasteiger partial charge in [-0.2, -0.15) is 0 Å². The maximum atomic E-state index is 14.6. The van der Waals surface area contributed by atoms with Crippen molar-refractivity contribution in [3.05, 3.63) is 61.7 Å². The Morgan fingerprint density at radius 3 is 2.45 bits per heavy atom. The molecule has 238 valence electrons. The fourth-order valence-corrected chi connectivity index (χ4v) is 5.81. The Labute approximate surface area is 254 Å². The van der Waals surface area contributed by atoms with Crippen molar-refractivity contribution in [2.24, 2.45) is 5.73 Å². The van der Waals surface area contributed by atoms with Gasteiger partial charge in [-0.15, -0.1) is 0 Å². The van der Waals surface area contributed by atoms with Crippen LogP contribution in [0.4, 0.5) is 9.18 Å². The SMILES string of the molecule is CC.CC(C)(C)OC(N)=O.Cc1c(F)cc2nc3c(c4c2c1CCC4)Cn1c-3cc2c(c1=O)COC(=O)C2OCOP(O)O. The molecule has 0 radical (unpaired) electrons. The van der Waals surface area contributed by atoms with Crippen LogP contribution in [0.3, 0.4) is 0 Å². The molecule has 2 aromatic heterocycles. The Morgan fingerprint density at radius 2 is 1.84 bits per heavy atom. The van der Waals surface area contributed by atoms with E-state index in [0.717, 1.165) is 41.3 Å². The van der Waals surface area contributed by atoms with Crippen molar-refractivity contribution in [1.82, 2.24) is 9.55 Å². The number of carbonyl (C=O) groups excluding carboxylic acids is 2. The monoisotopic (exact) mass is 633 g/mol. The summed E-state index contributed by atoms with van der Waals surface area (Å²) in [5, 5.41) is 0.982. The summed E-state index contributed by atoms with van der Waals surface area (Å²) in [5.41, 5.74) is 9.92. The normalized spacial score (nSPS) is 16.1. The van der Waals surface area contributed by atoms with Gasteiger partial charge in [0, 0.05) is 22.6 Å². The molecule has 6 rings (SSSR count). The molecule has 1 aliphatic carbocycles. The molecule has 0 saturated carbocycles. The largest absolute Gasteiger partial charge is 0.458 e. The van der Waals surface area contributed by atoms with E-state index in [4.69, 9.17) is 30.0 Å². The predicted molar refractivity (Wildman–Crippen MR) is 160 cm³/mol. The number of aryl methyl sites for hydroxylation is 2. The maximum Gasteiger partial charge on any atom is 0.405 e. The maximum absolute atomic E-state index is 14.6. The van der Waals surface area contributed by atoms with Gasteiger partial charge in [-0.1, -0.05) is 13.8 Å². The number of amides is 1. The second-order valence-corrected chi connectivity index (χ2v) is 11.9. The van der Waals surface area contributed by atoms with Gasteiger partial charge in [0.25, 0.3) is 5.56 Å². The zero-order valence-electron chi connectivity index (χ0n) is 25.5. The second-order valence-electron chi connectivity index (χ2n) is 11.2. The molecular formula is C30H37FN3O9P. The number of benzene rings is 1. The molecule has 3 aliphatic rings. The highest BCUT2D eigenvalue weighted by Crippen LogP contribution is 2.42. The van der Waals surface area contributed by atoms with Gasteiger partial charge >= 0.3 is 20.7 Å². The molecule has 1 unspecified atom stereocenters. The van der Waals surface area contributed by atoms with Crippen LogP contribution in [0.15, 0.2) is 16.9 Å². The van der Waals surface area contributed by atoms with E-state index in [-0.39, 0.29) is 23.5 Å². The van der Waals surface area contributed by atoms with Gasteiger partial charge in [-0.3, -0.25) is 9.32 Å². The lowest BCUT2D eigenvalue weighted by Gasteiger charge is -2.25. The number of nitrogens with zero attached hydrogens (tertiary/aromatic N) is 2. The number of ether oxygens (including phenoxy) is 3. The van der Waals surface area contributed by atoms with Crippen LogP contribution in [0.1, 0.15) is 80.5 Å². The number of hydrogen-bond acceptors (Lipinski definition) is 10. The molecule has 3 aromatic rings. The van der Waals surface area contributed by atoms with Gasteiger partial charge in [0.05, 0.1) is 29.0 Å². The molecule has 1 atom stereocenters. The van der Waals surface area contributed by atoms with E-state index in [1.807, 2.05) is 13.8 Å². The predicted octanol–water partition coefficient (Wildman–Crippen LogP) is 4.57. The molecule has 14 heteroatoms. The van der Waals surface area contributed by atoms with Gasteiger partial charge < -0.3 is 34.3 Å². The van der Waals surface area contributed by atoms with E-state index in [2.05, 4.69) is 9.26 Å². The van der Waals surface area contributed by atoms with Crippen molar-refractivity contribution in [2.75, 3.05) is 6.79 Å². The Kier molecular flexibility index (Phi) is 10.1. The average Bonchev–Trinajstić information content (AvgIpc) is 3.32. The third-order valence-corrected chi connectivity index (χ3v) is 7.66. The minimum Gasteiger partial charge on any atom is -0.458 e. The Morgan fingerprint density at radius 1 is 1.16 bits per heavy atom.